The minimum Gasteiger partial charge on any atom is -0.416 e. The summed E-state index contributed by atoms with van der Waals surface area (Å²) in [6.45, 7) is 1.99. The van der Waals surface area contributed by atoms with Gasteiger partial charge >= 0.3 is 5.76 Å². The Kier molecular flexibility index (Phi) is 4.94. The van der Waals surface area contributed by atoms with Gasteiger partial charge in [0.1, 0.15) is 0 Å². The molecule has 0 saturated heterocycles. The first-order valence-corrected chi connectivity index (χ1v) is 8.42. The quantitative estimate of drug-likeness (QED) is 0.808. The van der Waals surface area contributed by atoms with E-state index in [1.807, 2.05) is 6.92 Å². The van der Waals surface area contributed by atoms with Gasteiger partial charge in [-0.3, -0.25) is 0 Å². The SMILES string of the molecule is CCCc1nnc(Sc2ccc(S(=O)(=O)C(F)F)cc2)o1. The Balaban J connectivity index is 2.12. The summed E-state index contributed by atoms with van der Waals surface area (Å²) in [5, 5.41) is 8.01. The van der Waals surface area contributed by atoms with Crippen LogP contribution >= 0.6 is 11.8 Å². The topological polar surface area (TPSA) is 73.1 Å². The van der Waals surface area contributed by atoms with Crippen LogP contribution in [0.5, 0.6) is 0 Å². The molecule has 1 aromatic heterocycles. The number of sulfone groups is 1. The summed E-state index contributed by atoms with van der Waals surface area (Å²) in [5.74, 6) is -2.90. The van der Waals surface area contributed by atoms with Crippen molar-refractivity contribution in [1.29, 1.82) is 0 Å². The highest BCUT2D eigenvalue weighted by Gasteiger charge is 2.26. The average Bonchev–Trinajstić information content (AvgIpc) is 2.87. The van der Waals surface area contributed by atoms with E-state index in [0.717, 1.165) is 30.3 Å². The first kappa shape index (κ1) is 15.9. The van der Waals surface area contributed by atoms with Crippen LogP contribution in [0, 0.1) is 0 Å². The molecule has 0 aliphatic carbocycles. The van der Waals surface area contributed by atoms with Crippen LogP contribution < -0.4 is 0 Å². The van der Waals surface area contributed by atoms with E-state index in [0.29, 0.717) is 22.4 Å². The van der Waals surface area contributed by atoms with E-state index < -0.39 is 20.5 Å². The van der Waals surface area contributed by atoms with Crippen LogP contribution in [0.15, 0.2) is 43.7 Å². The predicted molar refractivity (Wildman–Crippen MR) is 72.0 cm³/mol. The molecule has 0 bridgehead atoms. The zero-order valence-electron chi connectivity index (χ0n) is 11.0. The molecule has 0 spiro atoms. The minimum atomic E-state index is -4.56. The van der Waals surface area contributed by atoms with E-state index >= 15 is 0 Å². The molecular weight excluding hydrogens is 322 g/mol. The van der Waals surface area contributed by atoms with Gasteiger partial charge in [0.2, 0.25) is 15.7 Å². The fourth-order valence-electron chi connectivity index (χ4n) is 1.50. The molecule has 0 aliphatic rings. The van der Waals surface area contributed by atoms with Crippen molar-refractivity contribution < 1.29 is 21.6 Å². The van der Waals surface area contributed by atoms with Crippen LogP contribution in [0.25, 0.3) is 0 Å². The van der Waals surface area contributed by atoms with Crippen LogP contribution in [-0.2, 0) is 16.3 Å². The molecule has 0 fully saturated rings. The van der Waals surface area contributed by atoms with Gasteiger partial charge in [0.15, 0.2) is 0 Å². The zero-order valence-corrected chi connectivity index (χ0v) is 12.6. The van der Waals surface area contributed by atoms with E-state index in [9.17, 15) is 17.2 Å². The van der Waals surface area contributed by atoms with Crippen molar-refractivity contribution in [3.8, 4) is 0 Å². The summed E-state index contributed by atoms with van der Waals surface area (Å²) >= 11 is 1.14. The van der Waals surface area contributed by atoms with Gasteiger partial charge in [0.25, 0.3) is 5.22 Å². The third-order valence-corrected chi connectivity index (χ3v) is 4.75. The lowest BCUT2D eigenvalue weighted by molar-refractivity contribution is 0.234. The number of hydrogen-bond donors (Lipinski definition) is 0. The standard InChI is InChI=1S/C12H12F2N2O3S2/c1-2-3-10-15-16-12(19-10)20-8-4-6-9(7-5-8)21(17,18)11(13)14/h4-7,11H,2-3H2,1H3. The third kappa shape index (κ3) is 3.79. The molecule has 114 valence electrons. The normalized spacial score (nSPS) is 12.0. The Morgan fingerprint density at radius 3 is 2.48 bits per heavy atom. The second kappa shape index (κ2) is 6.52. The zero-order chi connectivity index (χ0) is 15.5. The van der Waals surface area contributed by atoms with Crippen molar-refractivity contribution in [3.05, 3.63) is 30.2 Å². The van der Waals surface area contributed by atoms with Crippen molar-refractivity contribution in [2.24, 2.45) is 0 Å². The second-order valence-corrected chi connectivity index (χ2v) is 7.03. The molecule has 0 amide bonds. The highest BCUT2D eigenvalue weighted by atomic mass is 32.2. The smallest absolute Gasteiger partial charge is 0.341 e. The van der Waals surface area contributed by atoms with Gasteiger partial charge in [0, 0.05) is 11.3 Å². The van der Waals surface area contributed by atoms with Gasteiger partial charge in [-0.05, 0) is 42.4 Å². The monoisotopic (exact) mass is 334 g/mol. The van der Waals surface area contributed by atoms with Gasteiger partial charge in [-0.25, -0.2) is 8.42 Å². The lowest BCUT2D eigenvalue weighted by Crippen LogP contribution is -2.10. The summed E-state index contributed by atoms with van der Waals surface area (Å²) in [6.07, 6.45) is 1.56. The lowest BCUT2D eigenvalue weighted by Gasteiger charge is -2.03. The lowest BCUT2D eigenvalue weighted by atomic mass is 10.3. The summed E-state index contributed by atoms with van der Waals surface area (Å²) in [4.78, 5) is 0.203. The van der Waals surface area contributed by atoms with Crippen molar-refractivity contribution in [1.82, 2.24) is 10.2 Å². The summed E-state index contributed by atoms with van der Waals surface area (Å²) in [7, 11) is -4.56. The Labute approximate surface area is 124 Å². The number of benzene rings is 1. The van der Waals surface area contributed by atoms with E-state index in [-0.39, 0.29) is 0 Å². The largest absolute Gasteiger partial charge is 0.416 e. The number of aromatic nitrogens is 2. The van der Waals surface area contributed by atoms with Gasteiger partial charge < -0.3 is 4.42 Å². The van der Waals surface area contributed by atoms with Gasteiger partial charge in [-0.1, -0.05) is 6.92 Å². The Hall–Kier alpha value is -1.48. The van der Waals surface area contributed by atoms with Crippen molar-refractivity contribution in [3.63, 3.8) is 0 Å². The van der Waals surface area contributed by atoms with Crippen LogP contribution in [0.1, 0.15) is 19.2 Å². The molecule has 0 N–H and O–H groups in total. The summed E-state index contributed by atoms with van der Waals surface area (Å²) in [6, 6.07) is 5.10. The molecule has 9 heteroatoms. The predicted octanol–water partition coefficient (Wildman–Crippen LogP) is 3.17. The first-order chi connectivity index (χ1) is 9.93. The molecule has 0 saturated carbocycles. The molecular formula is C12H12F2N2O3S2. The van der Waals surface area contributed by atoms with Crippen LogP contribution in [-0.4, -0.2) is 24.4 Å². The first-order valence-electron chi connectivity index (χ1n) is 6.06. The van der Waals surface area contributed by atoms with E-state index in [1.54, 1.807) is 0 Å². The third-order valence-electron chi connectivity index (χ3n) is 2.50. The fourth-order valence-corrected chi connectivity index (χ4v) is 2.91. The minimum absolute atomic E-state index is 0.322. The molecule has 0 atom stereocenters. The molecule has 0 unspecified atom stereocenters. The fraction of sp³-hybridized carbons (Fsp3) is 0.333. The molecule has 1 aromatic carbocycles. The number of aryl methyl sites for hydroxylation is 1. The van der Waals surface area contributed by atoms with Crippen molar-refractivity contribution in [2.45, 2.75) is 40.5 Å². The maximum Gasteiger partial charge on any atom is 0.341 e. The Morgan fingerprint density at radius 1 is 1.24 bits per heavy atom. The van der Waals surface area contributed by atoms with Crippen LogP contribution in [0.2, 0.25) is 0 Å². The molecule has 1 heterocycles. The summed E-state index contributed by atoms with van der Waals surface area (Å²) < 4.78 is 52.7. The highest BCUT2D eigenvalue weighted by molar-refractivity contribution is 7.99. The van der Waals surface area contributed by atoms with E-state index in [1.165, 1.54) is 12.1 Å². The molecule has 5 nitrogen and oxygen atoms in total. The molecule has 21 heavy (non-hydrogen) atoms. The second-order valence-electron chi connectivity index (χ2n) is 4.09. The van der Waals surface area contributed by atoms with Gasteiger partial charge in [-0.2, -0.15) is 8.78 Å². The Bertz CT molecular complexity index is 700. The van der Waals surface area contributed by atoms with E-state index in [4.69, 9.17) is 4.42 Å². The molecule has 2 rings (SSSR count). The number of halogens is 2. The van der Waals surface area contributed by atoms with Gasteiger partial charge in [-0.15, -0.1) is 10.2 Å². The summed E-state index contributed by atoms with van der Waals surface area (Å²) in [5.41, 5.74) is 0. The number of rotatable bonds is 6. The van der Waals surface area contributed by atoms with Crippen LogP contribution in [0.4, 0.5) is 8.78 Å². The van der Waals surface area contributed by atoms with Crippen molar-refractivity contribution >= 4 is 21.6 Å². The Morgan fingerprint density at radius 2 is 1.90 bits per heavy atom. The molecule has 2 aromatic rings. The number of hydrogen-bond acceptors (Lipinski definition) is 6. The maximum atomic E-state index is 12.4. The van der Waals surface area contributed by atoms with E-state index in [2.05, 4.69) is 10.2 Å². The molecule has 0 radical (unpaired) electrons. The van der Waals surface area contributed by atoms with Gasteiger partial charge in [0.05, 0.1) is 4.90 Å². The maximum absolute atomic E-state index is 12.4. The number of nitrogens with zero attached hydrogens (tertiary/aromatic N) is 2. The molecule has 0 aliphatic heterocycles. The highest BCUT2D eigenvalue weighted by Crippen LogP contribution is 2.28. The van der Waals surface area contributed by atoms with Crippen molar-refractivity contribution in [2.75, 3.05) is 0 Å². The average molecular weight is 334 g/mol. The van der Waals surface area contributed by atoms with Crippen LogP contribution in [0.3, 0.4) is 0 Å². The number of alkyl halides is 2.